The lowest BCUT2D eigenvalue weighted by Gasteiger charge is -2.45. The Morgan fingerprint density at radius 1 is 1.15 bits per heavy atom. The van der Waals surface area contributed by atoms with Gasteiger partial charge in [0.25, 0.3) is 0 Å². The van der Waals surface area contributed by atoms with E-state index in [0.29, 0.717) is 24.5 Å². The van der Waals surface area contributed by atoms with Gasteiger partial charge in [0.2, 0.25) is 5.91 Å². The summed E-state index contributed by atoms with van der Waals surface area (Å²) in [7, 11) is 0. The molecule has 0 spiro atoms. The Morgan fingerprint density at radius 2 is 1.95 bits per heavy atom. The number of fused-ring (bicyclic) bond motifs is 1. The summed E-state index contributed by atoms with van der Waals surface area (Å²) in [6, 6.07) is 1.07. The highest BCUT2D eigenvalue weighted by Crippen LogP contribution is 2.35. The van der Waals surface area contributed by atoms with E-state index in [1.54, 1.807) is 0 Å². The second-order valence-electron chi connectivity index (χ2n) is 6.93. The first-order chi connectivity index (χ1) is 9.74. The molecular formula is C16H29N3O. The fraction of sp³-hybridized carbons (Fsp3) is 0.938. The first kappa shape index (κ1) is 14.3. The quantitative estimate of drug-likeness (QED) is 0.831. The van der Waals surface area contributed by atoms with Crippen LogP contribution in [0.1, 0.15) is 45.4 Å². The van der Waals surface area contributed by atoms with Gasteiger partial charge >= 0.3 is 0 Å². The number of carbonyl (C=O) groups excluding carboxylic acids is 1. The Balaban J connectivity index is 1.57. The SMILES string of the molecule is C[C@@H]1CN(CC(=O)N2CCCC3CCCCC32)CCN1. The highest BCUT2D eigenvalue weighted by Gasteiger charge is 2.36. The van der Waals surface area contributed by atoms with E-state index in [0.717, 1.165) is 32.1 Å². The minimum atomic E-state index is 0.385. The molecule has 1 saturated carbocycles. The Bertz CT molecular complexity index is 345. The second kappa shape index (κ2) is 6.44. The summed E-state index contributed by atoms with van der Waals surface area (Å²) in [5.41, 5.74) is 0. The maximum Gasteiger partial charge on any atom is 0.237 e. The molecule has 1 amide bonds. The van der Waals surface area contributed by atoms with Crippen molar-refractivity contribution in [3.8, 4) is 0 Å². The molecule has 0 aromatic heterocycles. The predicted molar refractivity (Wildman–Crippen MR) is 80.6 cm³/mol. The van der Waals surface area contributed by atoms with E-state index < -0.39 is 0 Å². The van der Waals surface area contributed by atoms with Crippen LogP contribution in [0.25, 0.3) is 0 Å². The smallest absolute Gasteiger partial charge is 0.237 e. The van der Waals surface area contributed by atoms with E-state index >= 15 is 0 Å². The predicted octanol–water partition coefficient (Wildman–Crippen LogP) is 1.46. The van der Waals surface area contributed by atoms with Crippen LogP contribution in [0.15, 0.2) is 0 Å². The summed E-state index contributed by atoms with van der Waals surface area (Å²) in [6.45, 7) is 6.87. The van der Waals surface area contributed by atoms with E-state index in [1.165, 1.54) is 38.5 Å². The van der Waals surface area contributed by atoms with Gasteiger partial charge in [0.1, 0.15) is 0 Å². The van der Waals surface area contributed by atoms with E-state index in [9.17, 15) is 4.79 Å². The van der Waals surface area contributed by atoms with Crippen LogP contribution in [0.4, 0.5) is 0 Å². The van der Waals surface area contributed by atoms with Crippen molar-refractivity contribution in [3.05, 3.63) is 0 Å². The summed E-state index contributed by atoms with van der Waals surface area (Å²) < 4.78 is 0. The lowest BCUT2D eigenvalue weighted by molar-refractivity contribution is -0.139. The molecular weight excluding hydrogens is 250 g/mol. The molecule has 114 valence electrons. The first-order valence-corrected chi connectivity index (χ1v) is 8.49. The second-order valence-corrected chi connectivity index (χ2v) is 6.93. The third-order valence-electron chi connectivity index (χ3n) is 5.38. The van der Waals surface area contributed by atoms with Gasteiger partial charge in [-0.3, -0.25) is 9.69 Å². The molecule has 1 aliphatic carbocycles. The third kappa shape index (κ3) is 3.17. The molecule has 0 aromatic carbocycles. The number of piperidine rings is 1. The number of hydrogen-bond donors (Lipinski definition) is 1. The molecule has 2 unspecified atom stereocenters. The molecule has 0 bridgehead atoms. The highest BCUT2D eigenvalue weighted by atomic mass is 16.2. The number of hydrogen-bond acceptors (Lipinski definition) is 3. The average Bonchev–Trinajstić information content (AvgIpc) is 2.46. The first-order valence-electron chi connectivity index (χ1n) is 8.49. The van der Waals surface area contributed by atoms with Gasteiger partial charge in [0.05, 0.1) is 6.54 Å². The van der Waals surface area contributed by atoms with E-state index in [2.05, 4.69) is 22.0 Å². The van der Waals surface area contributed by atoms with Crippen LogP contribution in [0.2, 0.25) is 0 Å². The molecule has 3 aliphatic rings. The zero-order valence-electron chi connectivity index (χ0n) is 12.8. The van der Waals surface area contributed by atoms with Crippen LogP contribution in [0.3, 0.4) is 0 Å². The molecule has 3 rings (SSSR count). The van der Waals surface area contributed by atoms with Crippen molar-refractivity contribution in [3.63, 3.8) is 0 Å². The molecule has 3 atom stereocenters. The van der Waals surface area contributed by atoms with E-state index in [-0.39, 0.29) is 0 Å². The number of carbonyl (C=O) groups is 1. The van der Waals surface area contributed by atoms with Gasteiger partial charge in [0, 0.05) is 38.3 Å². The molecule has 1 N–H and O–H groups in total. The average molecular weight is 279 g/mol. The monoisotopic (exact) mass is 279 g/mol. The van der Waals surface area contributed by atoms with Crippen molar-refractivity contribution < 1.29 is 4.79 Å². The van der Waals surface area contributed by atoms with Gasteiger partial charge in [-0.25, -0.2) is 0 Å². The Labute approximate surface area is 122 Å². The van der Waals surface area contributed by atoms with Gasteiger partial charge < -0.3 is 10.2 Å². The lowest BCUT2D eigenvalue weighted by atomic mass is 9.78. The zero-order chi connectivity index (χ0) is 13.9. The number of rotatable bonds is 2. The van der Waals surface area contributed by atoms with Crippen molar-refractivity contribution in [2.75, 3.05) is 32.7 Å². The molecule has 0 radical (unpaired) electrons. The fourth-order valence-corrected chi connectivity index (χ4v) is 4.37. The minimum absolute atomic E-state index is 0.385. The molecule has 2 saturated heterocycles. The normalized spacial score (nSPS) is 35.6. The van der Waals surface area contributed by atoms with Crippen LogP contribution < -0.4 is 5.32 Å². The van der Waals surface area contributed by atoms with Gasteiger partial charge in [-0.1, -0.05) is 12.8 Å². The van der Waals surface area contributed by atoms with Gasteiger partial charge in [-0.05, 0) is 38.5 Å². The molecule has 2 aliphatic heterocycles. The van der Waals surface area contributed by atoms with Crippen molar-refractivity contribution in [2.24, 2.45) is 5.92 Å². The fourth-order valence-electron chi connectivity index (χ4n) is 4.37. The molecule has 0 aromatic rings. The largest absolute Gasteiger partial charge is 0.338 e. The summed E-state index contributed by atoms with van der Waals surface area (Å²) in [6.07, 6.45) is 7.84. The maximum atomic E-state index is 12.7. The summed E-state index contributed by atoms with van der Waals surface area (Å²) >= 11 is 0. The number of nitrogens with zero attached hydrogens (tertiary/aromatic N) is 2. The number of nitrogens with one attached hydrogen (secondary N) is 1. The van der Waals surface area contributed by atoms with Crippen LogP contribution in [-0.2, 0) is 4.79 Å². The standard InChI is InChI=1S/C16H29N3O/c1-13-11-18(10-8-17-13)12-16(20)19-9-4-6-14-5-2-3-7-15(14)19/h13-15,17H,2-12H2,1H3/t13-,14?,15?/m1/s1. The summed E-state index contributed by atoms with van der Waals surface area (Å²) in [5.74, 6) is 1.18. The van der Waals surface area contributed by atoms with Crippen molar-refractivity contribution in [2.45, 2.75) is 57.5 Å². The number of amides is 1. The van der Waals surface area contributed by atoms with Crippen LogP contribution >= 0.6 is 0 Å². The Hall–Kier alpha value is -0.610. The van der Waals surface area contributed by atoms with Crippen LogP contribution in [0.5, 0.6) is 0 Å². The Kier molecular flexibility index (Phi) is 4.61. The third-order valence-corrected chi connectivity index (χ3v) is 5.38. The summed E-state index contributed by atoms with van der Waals surface area (Å²) in [4.78, 5) is 17.3. The van der Waals surface area contributed by atoms with Crippen molar-refractivity contribution >= 4 is 5.91 Å². The van der Waals surface area contributed by atoms with Crippen molar-refractivity contribution in [1.29, 1.82) is 0 Å². The lowest BCUT2D eigenvalue weighted by Crippen LogP contribution is -2.55. The molecule has 4 heteroatoms. The van der Waals surface area contributed by atoms with Crippen molar-refractivity contribution in [1.82, 2.24) is 15.1 Å². The highest BCUT2D eigenvalue weighted by molar-refractivity contribution is 5.78. The summed E-state index contributed by atoms with van der Waals surface area (Å²) in [5, 5.41) is 3.44. The molecule has 3 fully saturated rings. The van der Waals surface area contributed by atoms with Gasteiger partial charge in [0.15, 0.2) is 0 Å². The minimum Gasteiger partial charge on any atom is -0.338 e. The molecule has 4 nitrogen and oxygen atoms in total. The molecule has 20 heavy (non-hydrogen) atoms. The van der Waals surface area contributed by atoms with E-state index in [4.69, 9.17) is 0 Å². The number of piperazine rings is 1. The zero-order valence-corrected chi connectivity index (χ0v) is 12.8. The van der Waals surface area contributed by atoms with E-state index in [1.807, 2.05) is 0 Å². The number of likely N-dealkylation sites (tertiary alicyclic amines) is 1. The van der Waals surface area contributed by atoms with Crippen LogP contribution in [0, 0.1) is 5.92 Å². The molecule has 2 heterocycles. The topological polar surface area (TPSA) is 35.6 Å². The van der Waals surface area contributed by atoms with Crippen LogP contribution in [-0.4, -0.2) is 60.5 Å². The Morgan fingerprint density at radius 3 is 2.80 bits per heavy atom. The van der Waals surface area contributed by atoms with Gasteiger partial charge in [-0.15, -0.1) is 0 Å². The maximum absolute atomic E-state index is 12.7. The van der Waals surface area contributed by atoms with Gasteiger partial charge in [-0.2, -0.15) is 0 Å².